The van der Waals surface area contributed by atoms with E-state index < -0.39 is 0 Å². The fourth-order valence-corrected chi connectivity index (χ4v) is 2.09. The van der Waals surface area contributed by atoms with Crippen molar-refractivity contribution in [2.75, 3.05) is 20.1 Å². The van der Waals surface area contributed by atoms with E-state index in [1.165, 1.54) is 17.5 Å². The van der Waals surface area contributed by atoms with Crippen LogP contribution in [0.1, 0.15) is 17.0 Å². The standard InChI is InChI=1S/C12H14N2/c1-14(7-6-13)9-11-8-10-4-2-3-5-12(10)11/h2-5,11H,7-9H2,1H3. The molecule has 0 aromatic heterocycles. The molecule has 0 saturated heterocycles. The van der Waals surface area contributed by atoms with Gasteiger partial charge in [0.15, 0.2) is 0 Å². The first-order chi connectivity index (χ1) is 6.81. The number of nitriles is 1. The maximum Gasteiger partial charge on any atom is 0.0863 e. The maximum atomic E-state index is 8.54. The third-order valence-electron chi connectivity index (χ3n) is 2.83. The van der Waals surface area contributed by atoms with E-state index in [0.717, 1.165) is 6.54 Å². The van der Waals surface area contributed by atoms with Crippen LogP contribution in [0, 0.1) is 11.3 Å². The Kier molecular flexibility index (Phi) is 2.51. The molecular formula is C12H14N2. The molecule has 2 rings (SSSR count). The largest absolute Gasteiger partial charge is 0.293 e. The highest BCUT2D eigenvalue weighted by Crippen LogP contribution is 2.34. The zero-order valence-electron chi connectivity index (χ0n) is 8.40. The Morgan fingerprint density at radius 2 is 2.29 bits per heavy atom. The number of hydrogen-bond donors (Lipinski definition) is 0. The maximum absolute atomic E-state index is 8.54. The van der Waals surface area contributed by atoms with Crippen LogP contribution in [0.3, 0.4) is 0 Å². The number of nitrogens with zero attached hydrogens (tertiary/aromatic N) is 2. The van der Waals surface area contributed by atoms with Crippen molar-refractivity contribution in [3.63, 3.8) is 0 Å². The summed E-state index contributed by atoms with van der Waals surface area (Å²) in [6, 6.07) is 10.7. The van der Waals surface area contributed by atoms with Crippen LogP contribution in [0.2, 0.25) is 0 Å². The minimum atomic E-state index is 0.526. The molecule has 1 aromatic rings. The van der Waals surface area contributed by atoms with Crippen molar-refractivity contribution >= 4 is 0 Å². The Morgan fingerprint density at radius 1 is 1.50 bits per heavy atom. The molecule has 2 nitrogen and oxygen atoms in total. The molecule has 0 saturated carbocycles. The molecule has 0 aliphatic heterocycles. The molecule has 72 valence electrons. The zero-order valence-corrected chi connectivity index (χ0v) is 8.40. The molecule has 1 aliphatic rings. The third-order valence-corrected chi connectivity index (χ3v) is 2.83. The Bertz CT molecular complexity index is 365. The van der Waals surface area contributed by atoms with Gasteiger partial charge >= 0.3 is 0 Å². The number of benzene rings is 1. The molecule has 14 heavy (non-hydrogen) atoms. The van der Waals surface area contributed by atoms with E-state index in [9.17, 15) is 0 Å². The van der Waals surface area contributed by atoms with Crippen molar-refractivity contribution in [2.24, 2.45) is 0 Å². The monoisotopic (exact) mass is 186 g/mol. The molecule has 1 atom stereocenters. The molecule has 0 fully saturated rings. The highest BCUT2D eigenvalue weighted by atomic mass is 15.1. The summed E-state index contributed by atoms with van der Waals surface area (Å²) in [5.41, 5.74) is 2.94. The Morgan fingerprint density at radius 3 is 3.00 bits per heavy atom. The van der Waals surface area contributed by atoms with Gasteiger partial charge in [0.1, 0.15) is 0 Å². The van der Waals surface area contributed by atoms with Crippen molar-refractivity contribution in [1.29, 1.82) is 5.26 Å². The zero-order chi connectivity index (χ0) is 9.97. The van der Waals surface area contributed by atoms with Crippen molar-refractivity contribution in [3.05, 3.63) is 35.4 Å². The summed E-state index contributed by atoms with van der Waals surface area (Å²) in [6.45, 7) is 1.53. The molecule has 0 amide bonds. The quantitative estimate of drug-likeness (QED) is 0.673. The van der Waals surface area contributed by atoms with Crippen LogP contribution in [0.25, 0.3) is 0 Å². The van der Waals surface area contributed by atoms with Gasteiger partial charge in [-0.1, -0.05) is 24.3 Å². The van der Waals surface area contributed by atoms with E-state index in [1.54, 1.807) is 0 Å². The van der Waals surface area contributed by atoms with E-state index in [1.807, 2.05) is 7.05 Å². The highest BCUT2D eigenvalue weighted by molar-refractivity contribution is 5.40. The lowest BCUT2D eigenvalue weighted by molar-refractivity contribution is 0.330. The predicted octanol–water partition coefficient (Wildman–Crippen LogP) is 1.78. The number of fused-ring (bicyclic) bond motifs is 1. The van der Waals surface area contributed by atoms with E-state index in [-0.39, 0.29) is 0 Å². The van der Waals surface area contributed by atoms with Crippen LogP contribution in [0.15, 0.2) is 24.3 Å². The SMILES string of the molecule is CN(CC#N)CC1Cc2ccccc21. The van der Waals surface area contributed by atoms with Gasteiger partial charge in [-0.3, -0.25) is 4.90 Å². The molecule has 0 spiro atoms. The summed E-state index contributed by atoms with van der Waals surface area (Å²) in [5, 5.41) is 8.54. The molecule has 1 unspecified atom stereocenters. The lowest BCUT2D eigenvalue weighted by atomic mass is 9.77. The normalized spacial score (nSPS) is 18.5. The van der Waals surface area contributed by atoms with E-state index in [4.69, 9.17) is 5.26 Å². The van der Waals surface area contributed by atoms with Crippen molar-refractivity contribution in [1.82, 2.24) is 4.90 Å². The number of hydrogen-bond acceptors (Lipinski definition) is 2. The summed E-state index contributed by atoms with van der Waals surface area (Å²) >= 11 is 0. The summed E-state index contributed by atoms with van der Waals surface area (Å²) in [6.07, 6.45) is 1.17. The summed E-state index contributed by atoms with van der Waals surface area (Å²) in [7, 11) is 2.00. The summed E-state index contributed by atoms with van der Waals surface area (Å²) < 4.78 is 0. The minimum absolute atomic E-state index is 0.526. The molecule has 2 heteroatoms. The van der Waals surface area contributed by atoms with Gasteiger partial charge in [0.2, 0.25) is 0 Å². The fourth-order valence-electron chi connectivity index (χ4n) is 2.09. The lowest BCUT2D eigenvalue weighted by Gasteiger charge is -2.32. The summed E-state index contributed by atoms with van der Waals surface area (Å²) in [5.74, 6) is 0.643. The van der Waals surface area contributed by atoms with Crippen molar-refractivity contribution in [2.45, 2.75) is 12.3 Å². The average Bonchev–Trinajstić information content (AvgIpc) is 2.15. The molecule has 1 aliphatic carbocycles. The molecule has 0 radical (unpaired) electrons. The second kappa shape index (κ2) is 3.81. The van der Waals surface area contributed by atoms with Crippen LogP contribution in [0.5, 0.6) is 0 Å². The molecule has 0 bridgehead atoms. The Hall–Kier alpha value is -1.33. The molecule has 0 N–H and O–H groups in total. The van der Waals surface area contributed by atoms with E-state index >= 15 is 0 Å². The van der Waals surface area contributed by atoms with Gasteiger partial charge in [-0.15, -0.1) is 0 Å². The van der Waals surface area contributed by atoms with Crippen LogP contribution in [-0.2, 0) is 6.42 Å². The Labute approximate surface area is 84.8 Å². The fraction of sp³-hybridized carbons (Fsp3) is 0.417. The minimum Gasteiger partial charge on any atom is -0.293 e. The van der Waals surface area contributed by atoms with Crippen LogP contribution < -0.4 is 0 Å². The molecular weight excluding hydrogens is 172 g/mol. The first-order valence-electron chi connectivity index (χ1n) is 4.94. The van der Waals surface area contributed by atoms with Gasteiger partial charge in [-0.05, 0) is 24.6 Å². The Balaban J connectivity index is 1.96. The van der Waals surface area contributed by atoms with E-state index in [0.29, 0.717) is 12.5 Å². The first kappa shape index (κ1) is 9.23. The van der Waals surface area contributed by atoms with Crippen molar-refractivity contribution in [3.8, 4) is 6.07 Å². The molecule has 0 heterocycles. The van der Waals surface area contributed by atoms with Gasteiger partial charge in [0.25, 0.3) is 0 Å². The predicted molar refractivity (Wildman–Crippen MR) is 56.0 cm³/mol. The lowest BCUT2D eigenvalue weighted by Crippen LogP contribution is -2.30. The van der Waals surface area contributed by atoms with Gasteiger partial charge in [0, 0.05) is 12.5 Å². The van der Waals surface area contributed by atoms with Gasteiger partial charge in [-0.25, -0.2) is 0 Å². The second-order valence-corrected chi connectivity index (χ2v) is 3.95. The van der Waals surface area contributed by atoms with Gasteiger partial charge in [-0.2, -0.15) is 5.26 Å². The van der Waals surface area contributed by atoms with Gasteiger partial charge < -0.3 is 0 Å². The average molecular weight is 186 g/mol. The summed E-state index contributed by atoms with van der Waals surface area (Å²) in [4.78, 5) is 2.08. The number of rotatable bonds is 3. The van der Waals surface area contributed by atoms with Crippen LogP contribution in [-0.4, -0.2) is 25.0 Å². The van der Waals surface area contributed by atoms with E-state index in [2.05, 4.69) is 35.2 Å². The number of likely N-dealkylation sites (N-methyl/N-ethyl adjacent to an activating group) is 1. The third kappa shape index (κ3) is 1.64. The smallest absolute Gasteiger partial charge is 0.0863 e. The van der Waals surface area contributed by atoms with Crippen LogP contribution in [0.4, 0.5) is 0 Å². The first-order valence-corrected chi connectivity index (χ1v) is 4.94. The van der Waals surface area contributed by atoms with Gasteiger partial charge in [0.05, 0.1) is 12.6 Å². The molecule has 1 aromatic carbocycles. The highest BCUT2D eigenvalue weighted by Gasteiger charge is 2.25. The second-order valence-electron chi connectivity index (χ2n) is 3.95. The topological polar surface area (TPSA) is 27.0 Å². The van der Waals surface area contributed by atoms with Crippen LogP contribution >= 0.6 is 0 Å². The van der Waals surface area contributed by atoms with Crippen molar-refractivity contribution < 1.29 is 0 Å².